The molecule has 0 saturated heterocycles. The number of anilines is 2. The highest BCUT2D eigenvalue weighted by atomic mass is 32.2. The average Bonchev–Trinajstić information content (AvgIpc) is 2.86. The van der Waals surface area contributed by atoms with Crippen LogP contribution in [-0.4, -0.2) is 15.4 Å². The number of rotatable bonds is 5. The minimum atomic E-state index is -0.108. The Morgan fingerprint density at radius 3 is 2.95 bits per heavy atom. The van der Waals surface area contributed by atoms with Crippen LogP contribution in [0.3, 0.4) is 0 Å². The van der Waals surface area contributed by atoms with Crippen LogP contribution in [0.2, 0.25) is 0 Å². The third kappa shape index (κ3) is 3.69. The van der Waals surface area contributed by atoms with Gasteiger partial charge < -0.3 is 5.32 Å². The van der Waals surface area contributed by atoms with Crippen molar-refractivity contribution in [3.8, 4) is 6.07 Å². The first-order valence-electron chi connectivity index (χ1n) is 5.97. The van der Waals surface area contributed by atoms with E-state index in [9.17, 15) is 0 Å². The highest BCUT2D eigenvalue weighted by Crippen LogP contribution is 2.30. The quantitative estimate of drug-likeness (QED) is 0.847. The van der Waals surface area contributed by atoms with E-state index < -0.39 is 0 Å². The molecule has 2 aromatic rings. The first-order valence-corrected chi connectivity index (χ1v) is 7.67. The summed E-state index contributed by atoms with van der Waals surface area (Å²) in [5, 5.41) is 20.9. The van der Waals surface area contributed by atoms with E-state index >= 15 is 0 Å². The molecular weight excluding hydrogens is 276 g/mol. The van der Waals surface area contributed by atoms with Gasteiger partial charge in [-0.2, -0.15) is 5.26 Å². The van der Waals surface area contributed by atoms with Gasteiger partial charge in [0.15, 0.2) is 4.34 Å². The molecule has 2 rings (SSSR count). The van der Waals surface area contributed by atoms with Crippen LogP contribution in [0.1, 0.15) is 19.4 Å². The molecule has 0 amide bonds. The fraction of sp³-hybridized carbons (Fsp3) is 0.308. The number of nitrogens with zero attached hydrogens (tertiary/aromatic N) is 3. The first-order chi connectivity index (χ1) is 9.22. The SMILES string of the molecule is CCc1ccccc1Nc1nnc(S[C@@H](C)C#N)s1. The van der Waals surface area contributed by atoms with Gasteiger partial charge in [0.1, 0.15) is 0 Å². The smallest absolute Gasteiger partial charge is 0.210 e. The predicted molar refractivity (Wildman–Crippen MR) is 79.9 cm³/mol. The molecule has 4 nitrogen and oxygen atoms in total. The summed E-state index contributed by atoms with van der Waals surface area (Å²) in [6.07, 6.45) is 0.967. The largest absolute Gasteiger partial charge is 0.330 e. The standard InChI is InChI=1S/C13H14N4S2/c1-3-10-6-4-5-7-11(10)15-12-16-17-13(19-12)18-9(2)8-14/h4-7,9H,3H2,1-2H3,(H,15,16)/t9-/m0/s1. The van der Waals surface area contributed by atoms with E-state index in [2.05, 4.69) is 34.6 Å². The normalized spacial score (nSPS) is 11.8. The number of nitrogens with one attached hydrogen (secondary N) is 1. The number of para-hydroxylation sites is 1. The minimum Gasteiger partial charge on any atom is -0.330 e. The van der Waals surface area contributed by atoms with Crippen LogP contribution in [0.4, 0.5) is 10.8 Å². The van der Waals surface area contributed by atoms with E-state index in [1.54, 1.807) is 0 Å². The summed E-state index contributed by atoms with van der Waals surface area (Å²) in [4.78, 5) is 0. The van der Waals surface area contributed by atoms with Crippen LogP contribution in [-0.2, 0) is 6.42 Å². The Hall–Kier alpha value is -1.58. The van der Waals surface area contributed by atoms with Crippen LogP contribution in [0.25, 0.3) is 0 Å². The van der Waals surface area contributed by atoms with Gasteiger partial charge in [0.05, 0.1) is 11.3 Å². The molecule has 0 fully saturated rings. The van der Waals surface area contributed by atoms with Gasteiger partial charge in [0.25, 0.3) is 0 Å². The highest BCUT2D eigenvalue weighted by molar-refractivity contribution is 8.01. The Morgan fingerprint density at radius 2 is 2.21 bits per heavy atom. The van der Waals surface area contributed by atoms with Crippen LogP contribution >= 0.6 is 23.1 Å². The molecule has 98 valence electrons. The summed E-state index contributed by atoms with van der Waals surface area (Å²) in [6.45, 7) is 3.97. The van der Waals surface area contributed by atoms with Gasteiger partial charge in [0, 0.05) is 5.69 Å². The second-order valence-corrected chi connectivity index (χ2v) is 6.46. The van der Waals surface area contributed by atoms with Gasteiger partial charge in [-0.05, 0) is 25.0 Å². The zero-order valence-electron chi connectivity index (χ0n) is 10.8. The summed E-state index contributed by atoms with van der Waals surface area (Å²) in [5.41, 5.74) is 2.31. The summed E-state index contributed by atoms with van der Waals surface area (Å²) >= 11 is 2.90. The number of aromatic nitrogens is 2. The van der Waals surface area contributed by atoms with Gasteiger partial charge >= 0.3 is 0 Å². The van der Waals surface area contributed by atoms with Crippen LogP contribution in [0.5, 0.6) is 0 Å². The number of nitriles is 1. The maximum atomic E-state index is 8.78. The fourth-order valence-electron chi connectivity index (χ4n) is 1.55. The molecule has 0 spiro atoms. The lowest BCUT2D eigenvalue weighted by atomic mass is 10.1. The summed E-state index contributed by atoms with van der Waals surface area (Å²) in [5.74, 6) is 0. The zero-order chi connectivity index (χ0) is 13.7. The molecule has 1 atom stereocenters. The van der Waals surface area contributed by atoms with Crippen molar-refractivity contribution in [1.82, 2.24) is 10.2 Å². The van der Waals surface area contributed by atoms with Gasteiger partial charge in [-0.25, -0.2) is 0 Å². The molecule has 0 aliphatic rings. The van der Waals surface area contributed by atoms with Crippen molar-refractivity contribution in [1.29, 1.82) is 5.26 Å². The predicted octanol–water partition coefficient (Wildman–Crippen LogP) is 3.85. The van der Waals surface area contributed by atoms with Crippen LogP contribution in [0.15, 0.2) is 28.6 Å². The molecular formula is C13H14N4S2. The minimum absolute atomic E-state index is 0.108. The lowest BCUT2D eigenvalue weighted by molar-refractivity contribution is 1.01. The molecule has 0 bridgehead atoms. The molecule has 0 radical (unpaired) electrons. The second kappa shape index (κ2) is 6.55. The Labute approximate surface area is 120 Å². The second-order valence-electron chi connectivity index (χ2n) is 3.90. The maximum absolute atomic E-state index is 8.78. The Morgan fingerprint density at radius 1 is 1.42 bits per heavy atom. The third-order valence-electron chi connectivity index (χ3n) is 2.51. The number of hydrogen-bond acceptors (Lipinski definition) is 6. The molecule has 1 aromatic heterocycles. The van der Waals surface area contributed by atoms with E-state index in [1.807, 2.05) is 25.1 Å². The van der Waals surface area contributed by atoms with Crippen LogP contribution in [0, 0.1) is 11.3 Å². The van der Waals surface area contributed by atoms with E-state index in [0.29, 0.717) is 0 Å². The average molecular weight is 290 g/mol. The Kier molecular flexibility index (Phi) is 4.77. The Balaban J connectivity index is 2.10. The van der Waals surface area contributed by atoms with Gasteiger partial charge in [0.2, 0.25) is 5.13 Å². The highest BCUT2D eigenvalue weighted by Gasteiger charge is 2.10. The summed E-state index contributed by atoms with van der Waals surface area (Å²) in [7, 11) is 0. The summed E-state index contributed by atoms with van der Waals surface area (Å²) in [6, 6.07) is 10.3. The van der Waals surface area contributed by atoms with E-state index in [1.165, 1.54) is 28.7 Å². The number of thioether (sulfide) groups is 1. The van der Waals surface area contributed by atoms with E-state index in [-0.39, 0.29) is 5.25 Å². The van der Waals surface area contributed by atoms with Crippen molar-refractivity contribution < 1.29 is 0 Å². The third-order valence-corrected chi connectivity index (χ3v) is 4.42. The van der Waals surface area contributed by atoms with Crippen molar-refractivity contribution in [2.24, 2.45) is 0 Å². The topological polar surface area (TPSA) is 61.6 Å². The van der Waals surface area contributed by atoms with Crippen molar-refractivity contribution in [2.75, 3.05) is 5.32 Å². The van der Waals surface area contributed by atoms with Crippen molar-refractivity contribution in [2.45, 2.75) is 29.9 Å². The molecule has 0 aliphatic carbocycles. The van der Waals surface area contributed by atoms with Gasteiger partial charge in [-0.15, -0.1) is 10.2 Å². The maximum Gasteiger partial charge on any atom is 0.210 e. The molecule has 1 aromatic carbocycles. The summed E-state index contributed by atoms with van der Waals surface area (Å²) < 4.78 is 0.811. The van der Waals surface area contributed by atoms with E-state index in [4.69, 9.17) is 5.26 Å². The van der Waals surface area contributed by atoms with Crippen molar-refractivity contribution >= 4 is 33.9 Å². The molecule has 6 heteroatoms. The number of hydrogen-bond donors (Lipinski definition) is 1. The van der Waals surface area contributed by atoms with Gasteiger partial charge in [-0.1, -0.05) is 48.2 Å². The monoisotopic (exact) mass is 290 g/mol. The Bertz CT molecular complexity index is 588. The molecule has 0 unspecified atom stereocenters. The molecule has 0 saturated carbocycles. The van der Waals surface area contributed by atoms with Crippen molar-refractivity contribution in [3.05, 3.63) is 29.8 Å². The van der Waals surface area contributed by atoms with Crippen LogP contribution < -0.4 is 5.32 Å². The zero-order valence-corrected chi connectivity index (χ0v) is 12.4. The lowest BCUT2D eigenvalue weighted by Crippen LogP contribution is -1.94. The number of benzene rings is 1. The fourth-order valence-corrected chi connectivity index (χ4v) is 3.35. The van der Waals surface area contributed by atoms with Gasteiger partial charge in [-0.3, -0.25) is 0 Å². The van der Waals surface area contributed by atoms with Crippen molar-refractivity contribution in [3.63, 3.8) is 0 Å². The first kappa shape index (κ1) is 13.8. The molecule has 1 N–H and O–H groups in total. The lowest BCUT2D eigenvalue weighted by Gasteiger charge is -2.07. The van der Waals surface area contributed by atoms with E-state index in [0.717, 1.165) is 21.6 Å². The molecule has 19 heavy (non-hydrogen) atoms. The molecule has 0 aliphatic heterocycles. The molecule has 1 heterocycles. The number of aryl methyl sites for hydroxylation is 1.